The van der Waals surface area contributed by atoms with Crippen LogP contribution in [0.2, 0.25) is 10.0 Å². The van der Waals surface area contributed by atoms with E-state index in [0.29, 0.717) is 34.5 Å². The minimum absolute atomic E-state index is 0.0148. The van der Waals surface area contributed by atoms with E-state index in [1.807, 2.05) is 43.9 Å². The number of hydrogen-bond donors (Lipinski definition) is 0. The molecule has 2 aromatic carbocycles. The number of hydrogen-bond acceptors (Lipinski definition) is 4. The van der Waals surface area contributed by atoms with Crippen LogP contribution in [0.3, 0.4) is 0 Å². The molecule has 1 aromatic heterocycles. The highest BCUT2D eigenvalue weighted by Crippen LogP contribution is 2.34. The molecule has 3 aromatic rings. The SMILES string of the molecule is Cc1cc(OCC2c3ccsc3CCN2C(=O)CN(C(=O)c2cccc(Cl)c2)C(C)C)ccc1Cl. The van der Waals surface area contributed by atoms with Gasteiger partial charge in [0.2, 0.25) is 5.91 Å². The van der Waals surface area contributed by atoms with E-state index in [2.05, 4.69) is 11.4 Å². The number of rotatable bonds is 7. The number of ether oxygens (including phenoxy) is 1. The third-order valence-electron chi connectivity index (χ3n) is 6.21. The first-order valence-corrected chi connectivity index (χ1v) is 13.2. The molecule has 0 saturated carbocycles. The molecule has 1 unspecified atom stereocenters. The van der Waals surface area contributed by atoms with Crippen LogP contribution in [0.5, 0.6) is 5.75 Å². The summed E-state index contributed by atoms with van der Waals surface area (Å²) < 4.78 is 6.13. The summed E-state index contributed by atoms with van der Waals surface area (Å²) in [6.07, 6.45) is 0.791. The maximum absolute atomic E-state index is 13.6. The molecule has 0 fully saturated rings. The Kier molecular flexibility index (Phi) is 8.05. The molecule has 1 atom stereocenters. The molecule has 1 aliphatic rings. The normalized spacial score (nSPS) is 15.1. The quantitative estimate of drug-likeness (QED) is 0.354. The van der Waals surface area contributed by atoms with Gasteiger partial charge in [-0.1, -0.05) is 29.3 Å². The Balaban J connectivity index is 1.54. The van der Waals surface area contributed by atoms with Gasteiger partial charge in [0.25, 0.3) is 5.91 Å². The van der Waals surface area contributed by atoms with Crippen LogP contribution in [0.4, 0.5) is 0 Å². The predicted octanol–water partition coefficient (Wildman–Crippen LogP) is 6.42. The Morgan fingerprint density at radius 1 is 1.17 bits per heavy atom. The lowest BCUT2D eigenvalue weighted by atomic mass is 10.00. The van der Waals surface area contributed by atoms with E-state index in [0.717, 1.165) is 17.5 Å². The molecule has 1 aliphatic heterocycles. The van der Waals surface area contributed by atoms with Crippen molar-refractivity contribution in [3.63, 3.8) is 0 Å². The first kappa shape index (κ1) is 25.5. The summed E-state index contributed by atoms with van der Waals surface area (Å²) in [5.41, 5.74) is 2.51. The second-order valence-corrected chi connectivity index (χ2v) is 10.8. The van der Waals surface area contributed by atoms with E-state index in [1.54, 1.807) is 40.5 Å². The minimum Gasteiger partial charge on any atom is -0.491 e. The number of carbonyl (C=O) groups excluding carboxylic acids is 2. The van der Waals surface area contributed by atoms with Crippen LogP contribution in [0, 0.1) is 6.92 Å². The molecule has 0 saturated heterocycles. The van der Waals surface area contributed by atoms with Gasteiger partial charge in [-0.25, -0.2) is 0 Å². The van der Waals surface area contributed by atoms with Gasteiger partial charge < -0.3 is 14.5 Å². The summed E-state index contributed by atoms with van der Waals surface area (Å²) >= 11 is 13.9. The summed E-state index contributed by atoms with van der Waals surface area (Å²) in [6.45, 7) is 6.63. The van der Waals surface area contributed by atoms with Crippen LogP contribution in [0.25, 0.3) is 0 Å². The number of benzene rings is 2. The summed E-state index contributed by atoms with van der Waals surface area (Å²) in [6, 6.07) is 14.0. The smallest absolute Gasteiger partial charge is 0.254 e. The van der Waals surface area contributed by atoms with Gasteiger partial charge in [-0.3, -0.25) is 9.59 Å². The average Bonchev–Trinajstić information content (AvgIpc) is 3.31. The summed E-state index contributed by atoms with van der Waals surface area (Å²) in [5.74, 6) is 0.391. The third-order valence-corrected chi connectivity index (χ3v) is 7.87. The number of halogens is 2. The zero-order chi connectivity index (χ0) is 25.1. The highest BCUT2D eigenvalue weighted by atomic mass is 35.5. The molecule has 0 bridgehead atoms. The Bertz CT molecular complexity index is 1230. The first-order valence-electron chi connectivity index (χ1n) is 11.6. The van der Waals surface area contributed by atoms with Crippen molar-refractivity contribution in [2.24, 2.45) is 0 Å². The molecule has 0 radical (unpaired) electrons. The van der Waals surface area contributed by atoms with Crippen molar-refractivity contribution in [3.05, 3.63) is 85.5 Å². The zero-order valence-corrected chi connectivity index (χ0v) is 22.3. The number of nitrogens with zero attached hydrogens (tertiary/aromatic N) is 2. The van der Waals surface area contributed by atoms with E-state index in [4.69, 9.17) is 27.9 Å². The Labute approximate surface area is 220 Å². The van der Waals surface area contributed by atoms with E-state index in [1.165, 1.54) is 4.88 Å². The molecule has 35 heavy (non-hydrogen) atoms. The van der Waals surface area contributed by atoms with Crippen LogP contribution in [-0.2, 0) is 11.2 Å². The van der Waals surface area contributed by atoms with Gasteiger partial charge in [-0.15, -0.1) is 11.3 Å². The third kappa shape index (κ3) is 5.83. The van der Waals surface area contributed by atoms with E-state index in [9.17, 15) is 9.59 Å². The van der Waals surface area contributed by atoms with Crippen LogP contribution in [0.1, 0.15) is 46.3 Å². The van der Waals surface area contributed by atoms with Gasteiger partial charge in [-0.2, -0.15) is 0 Å². The van der Waals surface area contributed by atoms with Crippen molar-refractivity contribution in [1.82, 2.24) is 9.80 Å². The van der Waals surface area contributed by atoms with E-state index >= 15 is 0 Å². The van der Waals surface area contributed by atoms with Crippen molar-refractivity contribution >= 4 is 46.4 Å². The van der Waals surface area contributed by atoms with Crippen molar-refractivity contribution in [2.75, 3.05) is 19.7 Å². The molecule has 8 heteroatoms. The molecule has 0 N–H and O–H groups in total. The Morgan fingerprint density at radius 2 is 1.97 bits per heavy atom. The van der Waals surface area contributed by atoms with Gasteiger partial charge in [0.1, 0.15) is 18.9 Å². The molecule has 0 aliphatic carbocycles. The fraction of sp³-hybridized carbons (Fsp3) is 0.333. The van der Waals surface area contributed by atoms with Gasteiger partial charge in [0.15, 0.2) is 0 Å². The number of amides is 2. The topological polar surface area (TPSA) is 49.9 Å². The minimum atomic E-state index is -0.233. The number of carbonyl (C=O) groups is 2. The summed E-state index contributed by atoms with van der Waals surface area (Å²) in [7, 11) is 0. The monoisotopic (exact) mass is 530 g/mol. The van der Waals surface area contributed by atoms with E-state index in [-0.39, 0.29) is 30.4 Å². The Hall–Kier alpha value is -2.54. The second kappa shape index (κ2) is 11.0. The molecule has 2 heterocycles. The first-order chi connectivity index (χ1) is 16.7. The largest absolute Gasteiger partial charge is 0.491 e. The number of thiophene rings is 1. The fourth-order valence-electron chi connectivity index (χ4n) is 4.27. The van der Waals surface area contributed by atoms with Crippen LogP contribution in [0.15, 0.2) is 53.9 Å². The van der Waals surface area contributed by atoms with Gasteiger partial charge >= 0.3 is 0 Å². The van der Waals surface area contributed by atoms with Crippen molar-refractivity contribution < 1.29 is 14.3 Å². The maximum Gasteiger partial charge on any atom is 0.254 e. The van der Waals surface area contributed by atoms with Crippen LogP contribution < -0.4 is 4.74 Å². The summed E-state index contributed by atoms with van der Waals surface area (Å²) in [5, 5.41) is 3.23. The average molecular weight is 532 g/mol. The number of aryl methyl sites for hydroxylation is 1. The molecular weight excluding hydrogens is 503 g/mol. The molecular formula is C27H28Cl2N2O3S. The highest BCUT2D eigenvalue weighted by molar-refractivity contribution is 7.10. The van der Waals surface area contributed by atoms with Crippen molar-refractivity contribution in [2.45, 2.75) is 39.3 Å². The highest BCUT2D eigenvalue weighted by Gasteiger charge is 2.34. The predicted molar refractivity (Wildman–Crippen MR) is 142 cm³/mol. The standard InChI is InChI=1S/C27H28Cl2N2O3S/c1-17(2)31(27(33)19-5-4-6-20(28)14-19)15-26(32)30-11-9-25-22(10-12-35-25)24(30)16-34-21-7-8-23(29)18(3)13-21/h4-8,10,12-14,17,24H,9,11,15-16H2,1-3H3. The lowest BCUT2D eigenvalue weighted by Crippen LogP contribution is -2.49. The van der Waals surface area contributed by atoms with Crippen molar-refractivity contribution in [1.29, 1.82) is 0 Å². The molecule has 2 amide bonds. The Morgan fingerprint density at radius 3 is 2.69 bits per heavy atom. The lowest BCUT2D eigenvalue weighted by molar-refractivity contribution is -0.136. The number of fused-ring (bicyclic) bond motifs is 1. The molecule has 184 valence electrons. The van der Waals surface area contributed by atoms with Crippen molar-refractivity contribution in [3.8, 4) is 5.75 Å². The maximum atomic E-state index is 13.6. The fourth-order valence-corrected chi connectivity index (χ4v) is 5.51. The zero-order valence-electron chi connectivity index (χ0n) is 20.0. The summed E-state index contributed by atoms with van der Waals surface area (Å²) in [4.78, 5) is 31.5. The molecule has 0 spiro atoms. The van der Waals surface area contributed by atoms with Gasteiger partial charge in [0, 0.05) is 33.1 Å². The van der Waals surface area contributed by atoms with Crippen LogP contribution in [-0.4, -0.2) is 47.4 Å². The van der Waals surface area contributed by atoms with Gasteiger partial charge in [-0.05, 0) is 86.2 Å². The van der Waals surface area contributed by atoms with Gasteiger partial charge in [0.05, 0.1) is 6.04 Å². The van der Waals surface area contributed by atoms with Crippen LogP contribution >= 0.6 is 34.5 Å². The second-order valence-electron chi connectivity index (χ2n) is 8.91. The van der Waals surface area contributed by atoms with E-state index < -0.39 is 0 Å². The lowest BCUT2D eigenvalue weighted by Gasteiger charge is -2.37. The molecule has 4 rings (SSSR count). The molecule has 5 nitrogen and oxygen atoms in total.